The highest BCUT2D eigenvalue weighted by Gasteiger charge is 2.42. The maximum atomic E-state index is 11.3. The lowest BCUT2D eigenvalue weighted by atomic mass is 10.0. The van der Waals surface area contributed by atoms with Gasteiger partial charge in [0.2, 0.25) is 5.91 Å². The molecule has 80 valence electrons. The minimum atomic E-state index is -1.02. The van der Waals surface area contributed by atoms with Gasteiger partial charge in [-0.05, 0) is 11.4 Å². The van der Waals surface area contributed by atoms with Gasteiger partial charge in [0.25, 0.3) is 0 Å². The fraction of sp³-hybridized carbons (Fsp3) is 0.333. The van der Waals surface area contributed by atoms with Crippen LogP contribution < -0.4 is 5.73 Å². The highest BCUT2D eigenvalue weighted by atomic mass is 32.1. The second kappa shape index (κ2) is 3.63. The molecule has 1 aliphatic heterocycles. The Bertz CT molecular complexity index is 390. The van der Waals surface area contributed by atoms with Gasteiger partial charge in [0.05, 0.1) is 0 Å². The summed E-state index contributed by atoms with van der Waals surface area (Å²) < 4.78 is 0. The van der Waals surface area contributed by atoms with E-state index in [1.807, 2.05) is 0 Å². The van der Waals surface area contributed by atoms with Crippen molar-refractivity contribution in [2.24, 2.45) is 5.73 Å². The molecule has 1 amide bonds. The lowest BCUT2D eigenvalue weighted by Gasteiger charge is -2.39. The Morgan fingerprint density at radius 3 is 2.87 bits per heavy atom. The summed E-state index contributed by atoms with van der Waals surface area (Å²) >= 11 is 1.32. The molecule has 15 heavy (non-hydrogen) atoms. The molecule has 1 aromatic rings. The first kappa shape index (κ1) is 10.1. The predicted octanol–water partition coefficient (Wildman–Crippen LogP) is 0.0433. The van der Waals surface area contributed by atoms with Crippen LogP contribution >= 0.6 is 11.3 Å². The maximum Gasteiger partial charge on any atom is 0.331 e. The van der Waals surface area contributed by atoms with Gasteiger partial charge < -0.3 is 15.7 Å². The van der Waals surface area contributed by atoms with Crippen LogP contribution in [0.3, 0.4) is 0 Å². The zero-order valence-electron chi connectivity index (χ0n) is 7.79. The van der Waals surface area contributed by atoms with E-state index in [-0.39, 0.29) is 5.91 Å². The van der Waals surface area contributed by atoms with Gasteiger partial charge in [0.15, 0.2) is 6.04 Å². The molecule has 1 saturated heterocycles. The largest absolute Gasteiger partial charge is 0.479 e. The highest BCUT2D eigenvalue weighted by molar-refractivity contribution is 7.10. The van der Waals surface area contributed by atoms with Gasteiger partial charge >= 0.3 is 5.97 Å². The summed E-state index contributed by atoms with van der Waals surface area (Å²) in [4.78, 5) is 24.3. The van der Waals surface area contributed by atoms with E-state index in [1.165, 1.54) is 16.2 Å². The first-order valence-electron chi connectivity index (χ1n) is 4.43. The number of carbonyl (C=O) groups excluding carboxylic acids is 1. The minimum absolute atomic E-state index is 0.296. The van der Waals surface area contributed by atoms with E-state index in [9.17, 15) is 9.59 Å². The van der Waals surface area contributed by atoms with Gasteiger partial charge in [-0.25, -0.2) is 4.79 Å². The predicted molar refractivity (Wildman–Crippen MR) is 54.4 cm³/mol. The number of hydrogen-bond acceptors (Lipinski definition) is 4. The summed E-state index contributed by atoms with van der Waals surface area (Å²) in [5, 5.41) is 10.8. The Morgan fingerprint density at radius 1 is 1.73 bits per heavy atom. The first-order valence-corrected chi connectivity index (χ1v) is 5.31. The summed E-state index contributed by atoms with van der Waals surface area (Å²) in [6, 6.07) is 2.06. The average molecular weight is 226 g/mol. The lowest BCUT2D eigenvalue weighted by Crippen LogP contribution is -2.62. The molecule has 0 bridgehead atoms. The topological polar surface area (TPSA) is 83.6 Å². The molecule has 2 heterocycles. The number of carboxylic acid groups (broad SMARTS) is 1. The molecular formula is C9H10N2O3S. The Balaban J connectivity index is 2.22. The Kier molecular flexibility index (Phi) is 2.45. The van der Waals surface area contributed by atoms with Crippen LogP contribution in [0, 0.1) is 0 Å². The molecular weight excluding hydrogens is 216 g/mol. The molecule has 1 aromatic heterocycles. The Morgan fingerprint density at radius 2 is 2.47 bits per heavy atom. The van der Waals surface area contributed by atoms with Crippen LogP contribution in [0.15, 0.2) is 17.5 Å². The fourth-order valence-electron chi connectivity index (χ4n) is 1.57. The first-order chi connectivity index (χ1) is 7.11. The number of thiophene rings is 1. The molecule has 5 nitrogen and oxygen atoms in total. The number of nitrogens with zero attached hydrogens (tertiary/aromatic N) is 1. The van der Waals surface area contributed by atoms with E-state index in [0.29, 0.717) is 11.4 Å². The molecule has 0 aromatic carbocycles. The number of amides is 1. The quantitative estimate of drug-likeness (QED) is 0.713. The van der Waals surface area contributed by atoms with Gasteiger partial charge in [-0.3, -0.25) is 4.79 Å². The van der Waals surface area contributed by atoms with Gasteiger partial charge in [0, 0.05) is 11.4 Å². The van der Waals surface area contributed by atoms with Crippen molar-refractivity contribution < 1.29 is 14.7 Å². The summed E-state index contributed by atoms with van der Waals surface area (Å²) in [5.74, 6) is -1.31. The Labute approximate surface area is 90.1 Å². The van der Waals surface area contributed by atoms with E-state index in [4.69, 9.17) is 10.8 Å². The van der Waals surface area contributed by atoms with Crippen LogP contribution in [0.1, 0.15) is 10.9 Å². The third kappa shape index (κ3) is 1.62. The molecule has 3 N–H and O–H groups in total. The minimum Gasteiger partial charge on any atom is -0.479 e. The van der Waals surface area contributed by atoms with E-state index < -0.39 is 18.1 Å². The molecule has 0 spiro atoms. The molecule has 2 unspecified atom stereocenters. The number of nitrogens with two attached hydrogens (primary N) is 1. The van der Waals surface area contributed by atoms with Crippen LogP contribution in [-0.4, -0.2) is 34.5 Å². The monoisotopic (exact) mass is 226 g/mol. The summed E-state index contributed by atoms with van der Waals surface area (Å²) in [6.45, 7) is 0.313. The maximum absolute atomic E-state index is 11.3. The number of aliphatic carboxylic acids is 1. The zero-order valence-corrected chi connectivity index (χ0v) is 8.61. The van der Waals surface area contributed by atoms with Crippen molar-refractivity contribution in [3.63, 3.8) is 0 Å². The van der Waals surface area contributed by atoms with Crippen molar-refractivity contribution >= 4 is 23.2 Å². The van der Waals surface area contributed by atoms with Crippen LogP contribution in [0.2, 0.25) is 0 Å². The van der Waals surface area contributed by atoms with Crippen molar-refractivity contribution in [3.8, 4) is 0 Å². The number of rotatable bonds is 3. The molecule has 2 rings (SSSR count). The summed E-state index contributed by atoms with van der Waals surface area (Å²) in [6.07, 6.45) is 0. The van der Waals surface area contributed by atoms with E-state index in [1.54, 1.807) is 17.5 Å². The highest BCUT2D eigenvalue weighted by Crippen LogP contribution is 2.29. The van der Waals surface area contributed by atoms with Crippen molar-refractivity contribution in [2.75, 3.05) is 6.54 Å². The molecule has 0 aliphatic carbocycles. The SMILES string of the molecule is NC1CN(C(C(=O)O)c2cccs2)C1=O. The second-order valence-electron chi connectivity index (χ2n) is 3.35. The molecule has 0 radical (unpaired) electrons. The Hall–Kier alpha value is -1.40. The van der Waals surface area contributed by atoms with Crippen LogP contribution in [0.25, 0.3) is 0 Å². The van der Waals surface area contributed by atoms with Crippen molar-refractivity contribution in [3.05, 3.63) is 22.4 Å². The summed E-state index contributed by atoms with van der Waals surface area (Å²) in [5.41, 5.74) is 5.42. The van der Waals surface area contributed by atoms with E-state index in [2.05, 4.69) is 0 Å². The van der Waals surface area contributed by atoms with Crippen LogP contribution in [-0.2, 0) is 9.59 Å². The molecule has 2 atom stereocenters. The fourth-order valence-corrected chi connectivity index (χ4v) is 2.40. The average Bonchev–Trinajstić information content (AvgIpc) is 2.69. The third-order valence-electron chi connectivity index (χ3n) is 2.35. The molecule has 0 saturated carbocycles. The number of carbonyl (C=O) groups is 2. The molecule has 6 heteroatoms. The van der Waals surface area contributed by atoms with Crippen molar-refractivity contribution in [1.82, 2.24) is 4.90 Å². The molecule has 1 aliphatic rings. The molecule has 1 fully saturated rings. The van der Waals surface area contributed by atoms with E-state index in [0.717, 1.165) is 0 Å². The van der Waals surface area contributed by atoms with Crippen LogP contribution in [0.5, 0.6) is 0 Å². The number of β-lactam (4-membered cyclic amide) rings is 1. The van der Waals surface area contributed by atoms with E-state index >= 15 is 0 Å². The number of likely N-dealkylation sites (tertiary alicyclic amines) is 1. The number of hydrogen-bond donors (Lipinski definition) is 2. The zero-order chi connectivity index (χ0) is 11.0. The van der Waals surface area contributed by atoms with Crippen molar-refractivity contribution in [1.29, 1.82) is 0 Å². The standard InChI is InChI=1S/C9H10N2O3S/c10-5-4-11(8(5)12)7(9(13)14)6-2-1-3-15-6/h1-3,5,7H,4,10H2,(H,13,14). The normalized spacial score (nSPS) is 22.3. The van der Waals surface area contributed by atoms with Gasteiger partial charge in [-0.2, -0.15) is 0 Å². The number of carboxylic acids is 1. The smallest absolute Gasteiger partial charge is 0.331 e. The van der Waals surface area contributed by atoms with Gasteiger partial charge in [-0.15, -0.1) is 11.3 Å². The summed E-state index contributed by atoms with van der Waals surface area (Å²) in [7, 11) is 0. The van der Waals surface area contributed by atoms with Crippen molar-refractivity contribution in [2.45, 2.75) is 12.1 Å². The lowest BCUT2D eigenvalue weighted by molar-refractivity contribution is -0.158. The third-order valence-corrected chi connectivity index (χ3v) is 3.28. The van der Waals surface area contributed by atoms with Crippen LogP contribution in [0.4, 0.5) is 0 Å². The van der Waals surface area contributed by atoms with Gasteiger partial charge in [-0.1, -0.05) is 6.07 Å². The second-order valence-corrected chi connectivity index (χ2v) is 4.33. The van der Waals surface area contributed by atoms with Gasteiger partial charge in [0.1, 0.15) is 6.04 Å².